The molecule has 0 aliphatic heterocycles. The summed E-state index contributed by atoms with van der Waals surface area (Å²) in [7, 11) is 0. The van der Waals surface area contributed by atoms with E-state index in [2.05, 4.69) is 40.9 Å². The zero-order valence-corrected chi connectivity index (χ0v) is 12.6. The summed E-state index contributed by atoms with van der Waals surface area (Å²) in [6.45, 7) is 7.73. The van der Waals surface area contributed by atoms with Crippen LogP contribution in [0.3, 0.4) is 0 Å². The smallest absolute Gasteiger partial charge is 0.138 e. The fourth-order valence-electron chi connectivity index (χ4n) is 3.12. The van der Waals surface area contributed by atoms with Crippen molar-refractivity contribution in [1.29, 1.82) is 0 Å². The van der Waals surface area contributed by atoms with Crippen molar-refractivity contribution in [2.24, 2.45) is 5.92 Å². The molecule has 1 aliphatic carbocycles. The molecule has 0 radical (unpaired) electrons. The average molecular weight is 264 g/mol. The standard InChI is InChI=1S/C15H28N4/c1-4-8-16-14-7-5-6-13(9-14)10-15-17-11-18-19(15)12(2)3/h11-14,16H,4-10H2,1-3H3. The lowest BCUT2D eigenvalue weighted by Crippen LogP contribution is -2.35. The van der Waals surface area contributed by atoms with E-state index in [0.29, 0.717) is 12.1 Å². The van der Waals surface area contributed by atoms with Gasteiger partial charge in [0.2, 0.25) is 0 Å². The van der Waals surface area contributed by atoms with Crippen molar-refractivity contribution in [2.75, 3.05) is 6.54 Å². The van der Waals surface area contributed by atoms with E-state index in [9.17, 15) is 0 Å². The zero-order valence-electron chi connectivity index (χ0n) is 12.6. The van der Waals surface area contributed by atoms with Crippen LogP contribution in [0.5, 0.6) is 0 Å². The minimum absolute atomic E-state index is 0.412. The second kappa shape index (κ2) is 7.04. The topological polar surface area (TPSA) is 42.7 Å². The van der Waals surface area contributed by atoms with Crippen molar-refractivity contribution in [3.05, 3.63) is 12.2 Å². The summed E-state index contributed by atoms with van der Waals surface area (Å²) in [5.41, 5.74) is 0. The molecule has 1 N–H and O–H groups in total. The van der Waals surface area contributed by atoms with Crippen LogP contribution in [0.4, 0.5) is 0 Å². The number of hydrogen-bond acceptors (Lipinski definition) is 3. The predicted molar refractivity (Wildman–Crippen MR) is 78.2 cm³/mol. The predicted octanol–water partition coefficient (Wildman–Crippen LogP) is 2.96. The molecule has 1 heterocycles. The van der Waals surface area contributed by atoms with Crippen molar-refractivity contribution >= 4 is 0 Å². The molecule has 0 aromatic carbocycles. The highest BCUT2D eigenvalue weighted by Crippen LogP contribution is 2.27. The summed E-state index contributed by atoms with van der Waals surface area (Å²) in [6, 6.07) is 1.13. The Morgan fingerprint density at radius 1 is 1.42 bits per heavy atom. The van der Waals surface area contributed by atoms with E-state index in [1.54, 1.807) is 6.33 Å². The molecule has 0 bridgehead atoms. The average Bonchev–Trinajstić information content (AvgIpc) is 2.85. The van der Waals surface area contributed by atoms with Crippen LogP contribution in [0.1, 0.15) is 64.7 Å². The summed E-state index contributed by atoms with van der Waals surface area (Å²) in [5, 5.41) is 8.02. The SMILES string of the molecule is CCCNC1CCCC(Cc2ncnn2C(C)C)C1. The van der Waals surface area contributed by atoms with Crippen LogP contribution in [-0.2, 0) is 6.42 Å². The van der Waals surface area contributed by atoms with Crippen LogP contribution in [0.25, 0.3) is 0 Å². The normalized spacial score (nSPS) is 24.0. The summed E-state index contributed by atoms with van der Waals surface area (Å²) in [6.07, 6.45) is 9.34. The van der Waals surface area contributed by atoms with Gasteiger partial charge < -0.3 is 5.32 Å². The summed E-state index contributed by atoms with van der Waals surface area (Å²) in [4.78, 5) is 4.45. The van der Waals surface area contributed by atoms with Crippen LogP contribution >= 0.6 is 0 Å². The van der Waals surface area contributed by atoms with Crippen LogP contribution in [0.15, 0.2) is 6.33 Å². The number of nitrogens with one attached hydrogen (secondary N) is 1. The number of rotatable bonds is 6. The molecule has 0 amide bonds. The summed E-state index contributed by atoms with van der Waals surface area (Å²) < 4.78 is 2.07. The lowest BCUT2D eigenvalue weighted by molar-refractivity contribution is 0.277. The van der Waals surface area contributed by atoms with Gasteiger partial charge >= 0.3 is 0 Å². The first-order chi connectivity index (χ1) is 9.20. The molecular weight excluding hydrogens is 236 g/mol. The third kappa shape index (κ3) is 4.03. The Balaban J connectivity index is 1.89. The summed E-state index contributed by atoms with van der Waals surface area (Å²) in [5.74, 6) is 1.93. The van der Waals surface area contributed by atoms with Gasteiger partial charge in [-0.25, -0.2) is 9.67 Å². The van der Waals surface area contributed by atoms with Crippen LogP contribution in [0, 0.1) is 5.92 Å². The van der Waals surface area contributed by atoms with Crippen molar-refractivity contribution in [2.45, 2.75) is 71.4 Å². The third-order valence-electron chi connectivity index (χ3n) is 4.07. The van der Waals surface area contributed by atoms with E-state index in [1.807, 2.05) is 0 Å². The Bertz CT molecular complexity index is 372. The third-order valence-corrected chi connectivity index (χ3v) is 4.07. The van der Waals surface area contributed by atoms with Gasteiger partial charge in [-0.05, 0) is 52.0 Å². The number of aromatic nitrogens is 3. The molecule has 1 aliphatic rings. The van der Waals surface area contributed by atoms with Crippen LogP contribution in [0.2, 0.25) is 0 Å². The van der Waals surface area contributed by atoms with Crippen LogP contribution < -0.4 is 5.32 Å². The van der Waals surface area contributed by atoms with E-state index in [0.717, 1.165) is 24.7 Å². The van der Waals surface area contributed by atoms with Crippen molar-refractivity contribution in [3.63, 3.8) is 0 Å². The van der Waals surface area contributed by atoms with Crippen molar-refractivity contribution < 1.29 is 0 Å². The molecule has 1 saturated carbocycles. The maximum Gasteiger partial charge on any atom is 0.138 e. The lowest BCUT2D eigenvalue weighted by Gasteiger charge is -2.29. The van der Waals surface area contributed by atoms with E-state index < -0.39 is 0 Å². The fraction of sp³-hybridized carbons (Fsp3) is 0.867. The Morgan fingerprint density at radius 2 is 2.26 bits per heavy atom. The Hall–Kier alpha value is -0.900. The van der Waals surface area contributed by atoms with E-state index in [1.165, 1.54) is 32.1 Å². The van der Waals surface area contributed by atoms with Gasteiger partial charge in [0.25, 0.3) is 0 Å². The van der Waals surface area contributed by atoms with E-state index in [-0.39, 0.29) is 0 Å². The highest BCUT2D eigenvalue weighted by molar-refractivity contribution is 4.91. The minimum Gasteiger partial charge on any atom is -0.314 e. The molecule has 2 unspecified atom stereocenters. The van der Waals surface area contributed by atoms with Gasteiger partial charge in [0, 0.05) is 18.5 Å². The zero-order chi connectivity index (χ0) is 13.7. The summed E-state index contributed by atoms with van der Waals surface area (Å²) >= 11 is 0. The second-order valence-electron chi connectivity index (χ2n) is 6.10. The number of hydrogen-bond donors (Lipinski definition) is 1. The Kier molecular flexibility index (Phi) is 5.37. The molecule has 19 heavy (non-hydrogen) atoms. The van der Waals surface area contributed by atoms with Gasteiger partial charge in [0.1, 0.15) is 12.2 Å². The maximum absolute atomic E-state index is 4.45. The first-order valence-corrected chi connectivity index (χ1v) is 7.82. The first kappa shape index (κ1) is 14.5. The van der Waals surface area contributed by atoms with E-state index in [4.69, 9.17) is 0 Å². The van der Waals surface area contributed by atoms with Crippen LogP contribution in [-0.4, -0.2) is 27.4 Å². The Morgan fingerprint density at radius 3 is 3.00 bits per heavy atom. The quantitative estimate of drug-likeness (QED) is 0.859. The molecule has 0 saturated heterocycles. The first-order valence-electron chi connectivity index (χ1n) is 7.82. The van der Waals surface area contributed by atoms with Gasteiger partial charge in [-0.3, -0.25) is 0 Å². The van der Waals surface area contributed by atoms with Gasteiger partial charge in [0.05, 0.1) is 0 Å². The highest BCUT2D eigenvalue weighted by Gasteiger charge is 2.23. The molecule has 0 spiro atoms. The molecule has 1 aromatic heterocycles. The van der Waals surface area contributed by atoms with Gasteiger partial charge in [-0.1, -0.05) is 13.3 Å². The molecule has 1 fully saturated rings. The minimum atomic E-state index is 0.412. The molecule has 2 rings (SSSR count). The fourth-order valence-corrected chi connectivity index (χ4v) is 3.12. The molecule has 2 atom stereocenters. The van der Waals surface area contributed by atoms with Crippen molar-refractivity contribution in [1.82, 2.24) is 20.1 Å². The maximum atomic E-state index is 4.45. The highest BCUT2D eigenvalue weighted by atomic mass is 15.3. The molecule has 108 valence electrons. The van der Waals surface area contributed by atoms with Gasteiger partial charge in [-0.15, -0.1) is 0 Å². The molecule has 4 nitrogen and oxygen atoms in total. The second-order valence-corrected chi connectivity index (χ2v) is 6.10. The largest absolute Gasteiger partial charge is 0.314 e. The van der Waals surface area contributed by atoms with E-state index >= 15 is 0 Å². The Labute approximate surface area is 117 Å². The molecule has 4 heteroatoms. The lowest BCUT2D eigenvalue weighted by atomic mass is 9.83. The number of nitrogens with zero attached hydrogens (tertiary/aromatic N) is 3. The van der Waals surface area contributed by atoms with Crippen molar-refractivity contribution in [3.8, 4) is 0 Å². The van der Waals surface area contributed by atoms with Gasteiger partial charge in [0.15, 0.2) is 0 Å². The molecule has 1 aromatic rings. The monoisotopic (exact) mass is 264 g/mol. The molecular formula is C15H28N4. The van der Waals surface area contributed by atoms with Gasteiger partial charge in [-0.2, -0.15) is 5.10 Å².